The zero-order valence-corrected chi connectivity index (χ0v) is 14.4. The average Bonchev–Trinajstić information content (AvgIpc) is 3.10. The van der Waals surface area contributed by atoms with E-state index in [-0.39, 0.29) is 0 Å². The largest absolute Gasteiger partial charge is 0.385 e. The summed E-state index contributed by atoms with van der Waals surface area (Å²) >= 11 is 0. The third-order valence-corrected chi connectivity index (χ3v) is 3.83. The first-order valence-corrected chi connectivity index (χ1v) is 7.87. The minimum atomic E-state index is 0.535. The first kappa shape index (κ1) is 16.3. The van der Waals surface area contributed by atoms with Crippen molar-refractivity contribution in [1.29, 1.82) is 0 Å². The molecule has 0 saturated heterocycles. The van der Waals surface area contributed by atoms with Crippen LogP contribution in [0.25, 0.3) is 11.0 Å². The molecule has 0 aliphatic heterocycles. The molecule has 9 heteroatoms. The van der Waals surface area contributed by atoms with Crippen molar-refractivity contribution in [3.8, 4) is 0 Å². The second kappa shape index (κ2) is 6.91. The minimum absolute atomic E-state index is 0.535. The van der Waals surface area contributed by atoms with Gasteiger partial charge >= 0.3 is 0 Å². The van der Waals surface area contributed by atoms with Crippen molar-refractivity contribution < 1.29 is 4.74 Å². The molecule has 0 aliphatic rings. The van der Waals surface area contributed by atoms with Crippen LogP contribution < -0.4 is 5.32 Å². The molecule has 0 saturated carbocycles. The number of aromatic nitrogens is 7. The number of methoxy groups -OCH3 is 1. The second-order valence-corrected chi connectivity index (χ2v) is 5.67. The number of rotatable bonds is 7. The van der Waals surface area contributed by atoms with E-state index in [1.807, 2.05) is 25.5 Å². The summed E-state index contributed by atoms with van der Waals surface area (Å²) in [4.78, 5) is 9.00. The fourth-order valence-corrected chi connectivity index (χ4v) is 2.72. The van der Waals surface area contributed by atoms with E-state index in [0.29, 0.717) is 19.0 Å². The maximum Gasteiger partial charge on any atom is 0.163 e. The van der Waals surface area contributed by atoms with Crippen LogP contribution in [0.15, 0.2) is 6.33 Å². The van der Waals surface area contributed by atoms with Crippen molar-refractivity contribution in [2.45, 2.75) is 33.4 Å². The first-order chi connectivity index (χ1) is 11.6. The van der Waals surface area contributed by atoms with Gasteiger partial charge in [0.2, 0.25) is 0 Å². The van der Waals surface area contributed by atoms with Crippen LogP contribution >= 0.6 is 0 Å². The number of nitrogens with one attached hydrogen (secondary N) is 1. The highest BCUT2D eigenvalue weighted by Crippen LogP contribution is 2.23. The van der Waals surface area contributed by atoms with Crippen molar-refractivity contribution in [2.75, 3.05) is 19.0 Å². The summed E-state index contributed by atoms with van der Waals surface area (Å²) in [5, 5.41) is 16.9. The van der Waals surface area contributed by atoms with E-state index in [4.69, 9.17) is 4.74 Å². The number of hydrogen-bond donors (Lipinski definition) is 1. The van der Waals surface area contributed by atoms with Gasteiger partial charge in [0.25, 0.3) is 0 Å². The molecule has 0 bridgehead atoms. The molecular weight excluding hydrogens is 308 g/mol. The van der Waals surface area contributed by atoms with Gasteiger partial charge in [0, 0.05) is 27.3 Å². The Kier molecular flexibility index (Phi) is 4.70. The Labute approximate surface area is 140 Å². The van der Waals surface area contributed by atoms with Crippen LogP contribution in [-0.4, -0.2) is 48.2 Å². The van der Waals surface area contributed by atoms with E-state index >= 15 is 0 Å². The molecule has 0 amide bonds. The Hall–Kier alpha value is -2.55. The summed E-state index contributed by atoms with van der Waals surface area (Å²) in [6, 6.07) is 0. The van der Waals surface area contributed by atoms with Gasteiger partial charge in [0.15, 0.2) is 11.5 Å². The summed E-state index contributed by atoms with van der Waals surface area (Å²) in [6.45, 7) is 5.90. The van der Waals surface area contributed by atoms with Gasteiger partial charge in [-0.25, -0.2) is 9.97 Å². The lowest BCUT2D eigenvalue weighted by molar-refractivity contribution is 0.190. The monoisotopic (exact) mass is 330 g/mol. The number of anilines is 1. The quantitative estimate of drug-likeness (QED) is 0.651. The third kappa shape index (κ3) is 3.21. The molecule has 0 fully saturated rings. The summed E-state index contributed by atoms with van der Waals surface area (Å²) in [7, 11) is 3.59. The summed E-state index contributed by atoms with van der Waals surface area (Å²) in [6.07, 6.45) is 2.66. The van der Waals surface area contributed by atoms with Crippen LogP contribution in [0, 0.1) is 13.8 Å². The molecule has 1 N–H and O–H groups in total. The third-order valence-electron chi connectivity index (χ3n) is 3.83. The zero-order chi connectivity index (χ0) is 17.1. The Morgan fingerprint density at radius 1 is 1.25 bits per heavy atom. The van der Waals surface area contributed by atoms with E-state index in [2.05, 4.69) is 30.6 Å². The van der Waals surface area contributed by atoms with Crippen LogP contribution in [0.3, 0.4) is 0 Å². The van der Waals surface area contributed by atoms with E-state index in [9.17, 15) is 0 Å². The maximum absolute atomic E-state index is 5.09. The molecule has 3 aromatic rings. The lowest BCUT2D eigenvalue weighted by atomic mass is 10.3. The Morgan fingerprint density at radius 3 is 2.88 bits per heavy atom. The fraction of sp³-hybridized carbons (Fsp3) is 0.533. The molecule has 24 heavy (non-hydrogen) atoms. The van der Waals surface area contributed by atoms with Crippen molar-refractivity contribution in [3.05, 3.63) is 23.7 Å². The van der Waals surface area contributed by atoms with E-state index < -0.39 is 0 Å². The van der Waals surface area contributed by atoms with Crippen LogP contribution in [-0.2, 0) is 24.9 Å². The molecule has 0 aliphatic carbocycles. The molecule has 3 rings (SSSR count). The Bertz CT molecular complexity index is 837. The molecule has 0 atom stereocenters. The minimum Gasteiger partial charge on any atom is -0.385 e. The molecule has 0 spiro atoms. The summed E-state index contributed by atoms with van der Waals surface area (Å²) < 4.78 is 8.89. The maximum atomic E-state index is 5.09. The highest BCUT2D eigenvalue weighted by Gasteiger charge is 2.14. The van der Waals surface area contributed by atoms with Crippen molar-refractivity contribution in [3.63, 3.8) is 0 Å². The normalized spacial score (nSPS) is 11.3. The summed E-state index contributed by atoms with van der Waals surface area (Å²) in [5.74, 6) is 2.33. The predicted octanol–water partition coefficient (Wildman–Crippen LogP) is 1.22. The molecule has 128 valence electrons. The zero-order valence-electron chi connectivity index (χ0n) is 14.4. The average molecular weight is 330 g/mol. The topological polar surface area (TPSA) is 95.6 Å². The van der Waals surface area contributed by atoms with Crippen molar-refractivity contribution in [1.82, 2.24) is 34.5 Å². The van der Waals surface area contributed by atoms with Crippen LogP contribution in [0.2, 0.25) is 0 Å². The lowest BCUT2D eigenvalue weighted by Gasteiger charge is -2.09. The van der Waals surface area contributed by atoms with Crippen molar-refractivity contribution >= 4 is 16.9 Å². The van der Waals surface area contributed by atoms with Gasteiger partial charge in [0.05, 0.1) is 17.6 Å². The number of ether oxygens (including phenoxy) is 1. The summed E-state index contributed by atoms with van der Waals surface area (Å²) in [5.41, 5.74) is 1.72. The van der Waals surface area contributed by atoms with Gasteiger partial charge in [-0.3, -0.25) is 4.68 Å². The van der Waals surface area contributed by atoms with Gasteiger partial charge in [-0.15, -0.1) is 10.2 Å². The molecular formula is C15H22N8O. The van der Waals surface area contributed by atoms with Gasteiger partial charge in [0.1, 0.15) is 18.0 Å². The Morgan fingerprint density at radius 2 is 2.08 bits per heavy atom. The van der Waals surface area contributed by atoms with E-state index in [1.54, 1.807) is 18.1 Å². The second-order valence-electron chi connectivity index (χ2n) is 5.67. The smallest absolute Gasteiger partial charge is 0.163 e. The molecule has 9 nitrogen and oxygen atoms in total. The van der Waals surface area contributed by atoms with Gasteiger partial charge < -0.3 is 14.6 Å². The predicted molar refractivity (Wildman–Crippen MR) is 89.6 cm³/mol. The first-order valence-electron chi connectivity index (χ1n) is 7.87. The molecule has 3 heterocycles. The van der Waals surface area contributed by atoms with Crippen molar-refractivity contribution in [2.24, 2.45) is 7.05 Å². The number of fused-ring (bicyclic) bond motifs is 1. The fourth-order valence-electron chi connectivity index (χ4n) is 2.72. The van der Waals surface area contributed by atoms with E-state index in [1.165, 1.54) is 0 Å². The van der Waals surface area contributed by atoms with Crippen LogP contribution in [0.5, 0.6) is 0 Å². The van der Waals surface area contributed by atoms with Gasteiger partial charge in [-0.05, 0) is 20.3 Å². The number of hydrogen-bond acceptors (Lipinski definition) is 7. The Balaban J connectivity index is 1.80. The standard InChI is InChI=1S/C15H22N8O/c1-10-13-14(18-11(2)19-15(13)22(3)21-10)16-8-12-20-17-9-23(12)6-5-7-24-4/h9H,5-8H2,1-4H3,(H,16,18,19). The molecule has 3 aromatic heterocycles. The number of nitrogens with zero attached hydrogens (tertiary/aromatic N) is 7. The number of aryl methyl sites for hydroxylation is 4. The van der Waals surface area contributed by atoms with Gasteiger partial charge in [-0.2, -0.15) is 5.10 Å². The van der Waals surface area contributed by atoms with Crippen LogP contribution in [0.1, 0.15) is 23.8 Å². The lowest BCUT2D eigenvalue weighted by Crippen LogP contribution is -2.11. The van der Waals surface area contributed by atoms with E-state index in [0.717, 1.165) is 41.3 Å². The van der Waals surface area contributed by atoms with Gasteiger partial charge in [-0.1, -0.05) is 0 Å². The van der Waals surface area contributed by atoms with Crippen LogP contribution in [0.4, 0.5) is 5.82 Å². The SMILES string of the molecule is COCCCn1cnnc1CNc1nc(C)nc2c1c(C)nn2C. The molecule has 0 aromatic carbocycles. The highest BCUT2D eigenvalue weighted by atomic mass is 16.5. The highest BCUT2D eigenvalue weighted by molar-refractivity contribution is 5.89. The molecule has 0 radical (unpaired) electrons. The molecule has 0 unspecified atom stereocenters.